The molecule has 0 aliphatic carbocycles. The zero-order valence-electron chi connectivity index (χ0n) is 13.9. The number of nitrogens with one attached hydrogen (secondary N) is 1. The van der Waals surface area contributed by atoms with Crippen molar-refractivity contribution in [1.29, 1.82) is 0 Å². The van der Waals surface area contributed by atoms with Crippen LogP contribution in [0.15, 0.2) is 24.3 Å². The van der Waals surface area contributed by atoms with E-state index in [2.05, 4.69) is 32.2 Å². The van der Waals surface area contributed by atoms with Crippen LogP contribution < -0.4 is 5.32 Å². The molecule has 1 aromatic carbocycles. The first-order valence-corrected chi connectivity index (χ1v) is 7.73. The molecule has 0 saturated carbocycles. The van der Waals surface area contributed by atoms with Crippen LogP contribution in [0.5, 0.6) is 0 Å². The lowest BCUT2D eigenvalue weighted by Gasteiger charge is -2.25. The number of urea groups is 1. The van der Waals surface area contributed by atoms with Crippen molar-refractivity contribution in [3.63, 3.8) is 0 Å². The van der Waals surface area contributed by atoms with E-state index in [0.29, 0.717) is 26.2 Å². The summed E-state index contributed by atoms with van der Waals surface area (Å²) in [6.07, 6.45) is 0.502. The Morgan fingerprint density at radius 2 is 1.91 bits per heavy atom. The molecule has 5 nitrogen and oxygen atoms in total. The van der Waals surface area contributed by atoms with E-state index in [0.717, 1.165) is 11.3 Å². The van der Waals surface area contributed by atoms with Gasteiger partial charge in [-0.05, 0) is 17.0 Å². The second kappa shape index (κ2) is 7.11. The lowest BCUT2D eigenvalue weighted by Crippen LogP contribution is -2.34. The molecule has 122 valence electrons. The number of hydrogen-bond donors (Lipinski definition) is 1. The van der Waals surface area contributed by atoms with Crippen LogP contribution in [0, 0.1) is 0 Å². The van der Waals surface area contributed by atoms with Gasteiger partial charge in [0, 0.05) is 25.7 Å². The van der Waals surface area contributed by atoms with Crippen LogP contribution >= 0.6 is 0 Å². The number of ether oxygens (including phenoxy) is 2. The number of para-hydroxylation sites is 1. The number of hydrogen-bond acceptors (Lipinski definition) is 3. The Morgan fingerprint density at radius 1 is 1.27 bits per heavy atom. The molecule has 2 rings (SSSR count). The monoisotopic (exact) mass is 306 g/mol. The highest BCUT2D eigenvalue weighted by Crippen LogP contribution is 2.29. The molecule has 1 saturated heterocycles. The van der Waals surface area contributed by atoms with Crippen molar-refractivity contribution in [2.75, 3.05) is 32.1 Å². The molecule has 1 fully saturated rings. The van der Waals surface area contributed by atoms with Gasteiger partial charge in [-0.15, -0.1) is 0 Å². The van der Waals surface area contributed by atoms with Crippen molar-refractivity contribution >= 4 is 11.7 Å². The van der Waals surface area contributed by atoms with Crippen LogP contribution in [0.1, 0.15) is 32.8 Å². The van der Waals surface area contributed by atoms with Gasteiger partial charge in [-0.1, -0.05) is 39.0 Å². The number of amides is 2. The number of carbonyl (C=O) groups excluding carboxylic acids is 1. The summed E-state index contributed by atoms with van der Waals surface area (Å²) in [4.78, 5) is 14.0. The Kier molecular flexibility index (Phi) is 5.42. The van der Waals surface area contributed by atoms with Crippen molar-refractivity contribution in [1.82, 2.24) is 4.90 Å². The smallest absolute Gasteiger partial charge is 0.321 e. The minimum absolute atomic E-state index is 0.0199. The lowest BCUT2D eigenvalue weighted by atomic mass is 9.86. The molecular formula is C17H26N2O3. The minimum Gasteiger partial charge on any atom is -0.350 e. The third kappa shape index (κ3) is 4.45. The summed E-state index contributed by atoms with van der Waals surface area (Å²) in [5.41, 5.74) is 1.97. The van der Waals surface area contributed by atoms with Crippen LogP contribution in [-0.4, -0.2) is 44.0 Å². The van der Waals surface area contributed by atoms with Crippen LogP contribution in [0.2, 0.25) is 0 Å². The van der Waals surface area contributed by atoms with Crippen molar-refractivity contribution < 1.29 is 14.3 Å². The summed E-state index contributed by atoms with van der Waals surface area (Å²) in [6.45, 7) is 8.27. The number of nitrogens with zero attached hydrogens (tertiary/aromatic N) is 1. The van der Waals surface area contributed by atoms with Gasteiger partial charge in [0.2, 0.25) is 0 Å². The molecule has 0 bridgehead atoms. The maximum Gasteiger partial charge on any atom is 0.321 e. The van der Waals surface area contributed by atoms with Crippen LogP contribution in [0.3, 0.4) is 0 Å². The van der Waals surface area contributed by atoms with E-state index in [-0.39, 0.29) is 17.7 Å². The van der Waals surface area contributed by atoms with Crippen molar-refractivity contribution in [2.24, 2.45) is 0 Å². The predicted molar refractivity (Wildman–Crippen MR) is 87.1 cm³/mol. The second-order valence-electron chi connectivity index (χ2n) is 6.61. The summed E-state index contributed by atoms with van der Waals surface area (Å²) in [6, 6.07) is 7.81. The maximum absolute atomic E-state index is 12.3. The fraction of sp³-hybridized carbons (Fsp3) is 0.588. The van der Waals surface area contributed by atoms with Gasteiger partial charge in [0.05, 0.1) is 13.2 Å². The molecule has 0 spiro atoms. The first-order valence-electron chi connectivity index (χ1n) is 7.73. The fourth-order valence-electron chi connectivity index (χ4n) is 2.43. The van der Waals surface area contributed by atoms with E-state index >= 15 is 0 Å². The van der Waals surface area contributed by atoms with E-state index in [1.54, 1.807) is 11.9 Å². The molecule has 1 aliphatic heterocycles. The topological polar surface area (TPSA) is 50.8 Å². The van der Waals surface area contributed by atoms with Gasteiger partial charge in [-0.3, -0.25) is 0 Å². The molecule has 22 heavy (non-hydrogen) atoms. The van der Waals surface area contributed by atoms with Gasteiger partial charge >= 0.3 is 6.03 Å². The highest BCUT2D eigenvalue weighted by atomic mass is 16.7. The molecule has 1 heterocycles. The van der Waals surface area contributed by atoms with E-state index in [4.69, 9.17) is 9.47 Å². The van der Waals surface area contributed by atoms with Gasteiger partial charge in [0.1, 0.15) is 0 Å². The molecule has 1 aromatic rings. The van der Waals surface area contributed by atoms with Gasteiger partial charge < -0.3 is 19.7 Å². The van der Waals surface area contributed by atoms with Crippen molar-refractivity contribution in [3.8, 4) is 0 Å². The van der Waals surface area contributed by atoms with Crippen molar-refractivity contribution in [3.05, 3.63) is 29.8 Å². The Bertz CT molecular complexity index is 505. The Morgan fingerprint density at radius 3 is 2.55 bits per heavy atom. The number of carbonyl (C=O) groups is 1. The molecular weight excluding hydrogens is 280 g/mol. The largest absolute Gasteiger partial charge is 0.350 e. The van der Waals surface area contributed by atoms with E-state index < -0.39 is 0 Å². The zero-order chi connectivity index (χ0) is 16.2. The Labute approximate surface area is 132 Å². The summed E-state index contributed by atoms with van der Waals surface area (Å²) >= 11 is 0. The average molecular weight is 306 g/mol. The first kappa shape index (κ1) is 16.8. The standard InChI is InChI=1S/C17H26N2O3/c1-17(2,3)13-7-5-6-8-14(13)18-16(20)19(4)10-9-15-21-11-12-22-15/h5-8,15H,9-12H2,1-4H3,(H,18,20). The first-order chi connectivity index (χ1) is 10.4. The number of benzene rings is 1. The zero-order valence-corrected chi connectivity index (χ0v) is 13.9. The average Bonchev–Trinajstić information content (AvgIpc) is 2.97. The van der Waals surface area contributed by atoms with Gasteiger partial charge in [0.25, 0.3) is 0 Å². The Hall–Kier alpha value is -1.59. The van der Waals surface area contributed by atoms with Gasteiger partial charge in [-0.2, -0.15) is 0 Å². The van der Waals surface area contributed by atoms with Crippen LogP contribution in [0.4, 0.5) is 10.5 Å². The van der Waals surface area contributed by atoms with Crippen LogP contribution in [0.25, 0.3) is 0 Å². The van der Waals surface area contributed by atoms with E-state index in [1.807, 2.05) is 18.2 Å². The Balaban J connectivity index is 1.93. The second-order valence-corrected chi connectivity index (χ2v) is 6.61. The summed E-state index contributed by atoms with van der Waals surface area (Å²) in [5.74, 6) is 0. The maximum atomic E-state index is 12.3. The molecule has 0 atom stereocenters. The quantitative estimate of drug-likeness (QED) is 0.929. The molecule has 2 amide bonds. The summed E-state index contributed by atoms with van der Waals surface area (Å²) in [7, 11) is 1.78. The van der Waals surface area contributed by atoms with Gasteiger partial charge in [-0.25, -0.2) is 4.79 Å². The van der Waals surface area contributed by atoms with Crippen molar-refractivity contribution in [2.45, 2.75) is 38.9 Å². The lowest BCUT2D eigenvalue weighted by molar-refractivity contribution is -0.0488. The molecule has 1 aliphatic rings. The normalized spacial score (nSPS) is 15.8. The fourth-order valence-corrected chi connectivity index (χ4v) is 2.43. The molecule has 1 N–H and O–H groups in total. The third-order valence-electron chi connectivity index (χ3n) is 3.71. The summed E-state index contributed by atoms with van der Waals surface area (Å²) < 4.78 is 10.8. The molecule has 0 unspecified atom stereocenters. The third-order valence-corrected chi connectivity index (χ3v) is 3.71. The molecule has 0 radical (unpaired) electrons. The van der Waals surface area contributed by atoms with E-state index in [9.17, 15) is 4.79 Å². The SMILES string of the molecule is CN(CCC1OCCO1)C(=O)Nc1ccccc1C(C)(C)C. The van der Waals surface area contributed by atoms with Gasteiger partial charge in [0.15, 0.2) is 6.29 Å². The van der Waals surface area contributed by atoms with Crippen LogP contribution in [-0.2, 0) is 14.9 Å². The summed E-state index contributed by atoms with van der Waals surface area (Å²) in [5, 5.41) is 3.00. The number of rotatable bonds is 4. The molecule has 5 heteroatoms. The predicted octanol–water partition coefficient (Wildman–Crippen LogP) is 3.21. The minimum atomic E-state index is -0.183. The highest BCUT2D eigenvalue weighted by molar-refractivity contribution is 5.90. The number of anilines is 1. The highest BCUT2D eigenvalue weighted by Gasteiger charge is 2.21. The van der Waals surface area contributed by atoms with E-state index in [1.165, 1.54) is 0 Å². The molecule has 0 aromatic heterocycles.